The molecule has 0 N–H and O–H groups in total. The minimum absolute atomic E-state index is 0.0537. The Morgan fingerprint density at radius 3 is 1.96 bits per heavy atom. The Morgan fingerprint density at radius 1 is 0.709 bits per heavy atom. The second kappa shape index (κ2) is 16.1. The van der Waals surface area contributed by atoms with Gasteiger partial charge in [0.05, 0.1) is 0 Å². The highest BCUT2D eigenvalue weighted by atomic mass is 16.5. The fraction of sp³-hybridized carbons (Fsp3) is 0.547. The van der Waals surface area contributed by atoms with Crippen LogP contribution in [0.1, 0.15) is 135 Å². The largest absolute Gasteiger partial charge is 0.458 e. The molecule has 4 aliphatic rings. The molecule has 294 valence electrons. The number of benzene rings is 3. The standard InChI is InChI=1S/C53H70O2/c1-36(2)11-10-12-39(6)48-29-30-49-47-28-21-43-35-53(34-33-51(43,8)50(47)31-32-52(48,49)9,41-17-24-44(25-18-41)54-40(7)16-13-37(3)4)42-19-26-46(27-20-42)55-45-22-14-38(5)15-23-45/h13-20,22-27,36,39,43,47-50H,3,7,10-12,21,28-35H2,1-2,4-6,8-9H3/b16-13-. The molecule has 4 fully saturated rings. The van der Waals surface area contributed by atoms with Gasteiger partial charge in [-0.3, -0.25) is 0 Å². The molecule has 4 saturated carbocycles. The Morgan fingerprint density at radius 2 is 1.33 bits per heavy atom. The van der Waals surface area contributed by atoms with Crippen molar-refractivity contribution in [3.05, 3.63) is 126 Å². The van der Waals surface area contributed by atoms with E-state index in [0.29, 0.717) is 22.5 Å². The van der Waals surface area contributed by atoms with Crippen LogP contribution in [0.5, 0.6) is 17.2 Å². The lowest BCUT2D eigenvalue weighted by molar-refractivity contribution is -0.122. The van der Waals surface area contributed by atoms with Crippen LogP contribution >= 0.6 is 0 Å². The molecule has 0 amide bonds. The van der Waals surface area contributed by atoms with Gasteiger partial charge in [-0.25, -0.2) is 0 Å². The highest BCUT2D eigenvalue weighted by Gasteiger charge is 2.62. The summed E-state index contributed by atoms with van der Waals surface area (Å²) in [4.78, 5) is 0. The first kappa shape index (κ1) is 39.7. The number of aryl methyl sites for hydroxylation is 1. The van der Waals surface area contributed by atoms with E-state index in [4.69, 9.17) is 9.47 Å². The monoisotopic (exact) mass is 739 g/mol. The minimum atomic E-state index is -0.0537. The SMILES string of the molecule is C=C(C)/C=C\C(=C)Oc1ccc(C2(c3ccc(Oc4ccc(C)cc4)cc3)CCC3(C)C(CCC4C3CCC3(C)C(C(C)CCCC(C)C)CCC43)C2)cc1. The molecular formula is C53H70O2. The summed E-state index contributed by atoms with van der Waals surface area (Å²) in [6.45, 7) is 25.0. The predicted octanol–water partition coefficient (Wildman–Crippen LogP) is 15.2. The first-order valence-electron chi connectivity index (χ1n) is 22.0. The third-order valence-corrected chi connectivity index (χ3v) is 15.8. The number of allylic oxidation sites excluding steroid dienone is 3. The summed E-state index contributed by atoms with van der Waals surface area (Å²) in [6.07, 6.45) is 20.3. The van der Waals surface area contributed by atoms with Crippen molar-refractivity contribution in [1.82, 2.24) is 0 Å². The van der Waals surface area contributed by atoms with Crippen molar-refractivity contribution in [1.29, 1.82) is 0 Å². The van der Waals surface area contributed by atoms with Crippen LogP contribution in [0.2, 0.25) is 0 Å². The van der Waals surface area contributed by atoms with Gasteiger partial charge in [0.25, 0.3) is 0 Å². The van der Waals surface area contributed by atoms with Crippen molar-refractivity contribution in [3.8, 4) is 17.2 Å². The molecule has 2 heteroatoms. The lowest BCUT2D eigenvalue weighted by atomic mass is 9.42. The fourth-order valence-corrected chi connectivity index (χ4v) is 12.8. The number of fused-ring (bicyclic) bond motifs is 5. The summed E-state index contributed by atoms with van der Waals surface area (Å²) in [5.41, 5.74) is 5.92. The van der Waals surface area contributed by atoms with Crippen molar-refractivity contribution in [2.75, 3.05) is 0 Å². The summed E-state index contributed by atoms with van der Waals surface area (Å²) in [6, 6.07) is 26.4. The minimum Gasteiger partial charge on any atom is -0.458 e. The van der Waals surface area contributed by atoms with E-state index >= 15 is 0 Å². The van der Waals surface area contributed by atoms with Crippen molar-refractivity contribution in [2.45, 2.75) is 131 Å². The smallest absolute Gasteiger partial charge is 0.127 e. The Kier molecular flexibility index (Phi) is 11.7. The highest BCUT2D eigenvalue weighted by Crippen LogP contribution is 2.70. The Balaban J connectivity index is 1.13. The molecule has 9 atom stereocenters. The van der Waals surface area contributed by atoms with Gasteiger partial charge in [0, 0.05) is 5.41 Å². The average Bonchev–Trinajstić information content (AvgIpc) is 3.52. The van der Waals surface area contributed by atoms with Crippen molar-refractivity contribution in [2.24, 2.45) is 52.3 Å². The molecule has 0 saturated heterocycles. The summed E-state index contributed by atoms with van der Waals surface area (Å²) in [5, 5.41) is 0. The molecule has 0 heterocycles. The molecule has 55 heavy (non-hydrogen) atoms. The lowest BCUT2D eigenvalue weighted by Crippen LogP contribution is -2.55. The molecule has 0 spiro atoms. The van der Waals surface area contributed by atoms with E-state index in [1.807, 2.05) is 19.1 Å². The lowest BCUT2D eigenvalue weighted by Gasteiger charge is -2.63. The van der Waals surface area contributed by atoms with E-state index in [1.165, 1.54) is 93.7 Å². The van der Waals surface area contributed by atoms with Gasteiger partial charge < -0.3 is 9.47 Å². The third kappa shape index (κ3) is 8.04. The first-order valence-corrected chi connectivity index (χ1v) is 22.0. The molecular weight excluding hydrogens is 669 g/mol. The Bertz CT molecular complexity index is 1810. The van der Waals surface area contributed by atoms with Crippen molar-refractivity contribution >= 4 is 0 Å². The van der Waals surface area contributed by atoms with Crippen LogP contribution in [0.3, 0.4) is 0 Å². The molecule has 0 aromatic heterocycles. The maximum Gasteiger partial charge on any atom is 0.127 e. The van der Waals surface area contributed by atoms with Crippen molar-refractivity contribution in [3.63, 3.8) is 0 Å². The molecule has 3 aromatic rings. The second-order valence-corrected chi connectivity index (χ2v) is 19.7. The molecule has 0 aliphatic heterocycles. The summed E-state index contributed by atoms with van der Waals surface area (Å²) in [5.74, 6) is 9.22. The maximum atomic E-state index is 6.32. The average molecular weight is 739 g/mol. The van der Waals surface area contributed by atoms with E-state index in [1.54, 1.807) is 0 Å². The van der Waals surface area contributed by atoms with Gasteiger partial charge in [0.2, 0.25) is 0 Å². The predicted molar refractivity (Wildman–Crippen MR) is 232 cm³/mol. The second-order valence-electron chi connectivity index (χ2n) is 19.7. The topological polar surface area (TPSA) is 18.5 Å². The van der Waals surface area contributed by atoms with Crippen LogP contribution in [-0.2, 0) is 5.41 Å². The zero-order valence-corrected chi connectivity index (χ0v) is 35.3. The highest BCUT2D eigenvalue weighted by molar-refractivity contribution is 5.45. The van der Waals surface area contributed by atoms with Crippen LogP contribution in [0.4, 0.5) is 0 Å². The van der Waals surface area contributed by atoms with E-state index in [9.17, 15) is 0 Å². The zero-order valence-electron chi connectivity index (χ0n) is 35.3. The Labute approximate surface area is 334 Å². The third-order valence-electron chi connectivity index (χ3n) is 15.8. The molecule has 0 bridgehead atoms. The van der Waals surface area contributed by atoms with E-state index in [0.717, 1.165) is 58.3 Å². The van der Waals surface area contributed by atoms with Gasteiger partial charge >= 0.3 is 0 Å². The first-order chi connectivity index (χ1) is 26.3. The molecule has 7 rings (SSSR count). The van der Waals surface area contributed by atoms with Crippen LogP contribution < -0.4 is 9.47 Å². The zero-order chi connectivity index (χ0) is 39.0. The van der Waals surface area contributed by atoms with Gasteiger partial charge in [-0.15, -0.1) is 0 Å². The number of hydrogen-bond acceptors (Lipinski definition) is 2. The molecule has 3 aromatic carbocycles. The summed E-state index contributed by atoms with van der Waals surface area (Å²) >= 11 is 0. The van der Waals surface area contributed by atoms with E-state index < -0.39 is 0 Å². The quantitative estimate of drug-likeness (QED) is 0.128. The molecule has 2 nitrogen and oxygen atoms in total. The normalized spacial score (nSPS) is 32.0. The van der Waals surface area contributed by atoms with Crippen molar-refractivity contribution < 1.29 is 9.47 Å². The van der Waals surface area contributed by atoms with Gasteiger partial charge in [-0.05, 0) is 177 Å². The number of ether oxygens (including phenoxy) is 2. The van der Waals surface area contributed by atoms with Crippen LogP contribution in [-0.4, -0.2) is 0 Å². The van der Waals surface area contributed by atoms with Crippen LogP contribution in [0, 0.1) is 59.2 Å². The Hall–Kier alpha value is -3.52. The van der Waals surface area contributed by atoms with E-state index in [2.05, 4.69) is 127 Å². The summed E-state index contributed by atoms with van der Waals surface area (Å²) < 4.78 is 12.5. The van der Waals surface area contributed by atoms with Gasteiger partial charge in [-0.2, -0.15) is 0 Å². The maximum absolute atomic E-state index is 6.32. The van der Waals surface area contributed by atoms with Gasteiger partial charge in [-0.1, -0.05) is 121 Å². The van der Waals surface area contributed by atoms with Gasteiger partial charge in [0.1, 0.15) is 23.0 Å². The van der Waals surface area contributed by atoms with E-state index in [-0.39, 0.29) is 5.41 Å². The number of hydrogen-bond donors (Lipinski definition) is 0. The molecule has 4 aliphatic carbocycles. The number of rotatable bonds is 13. The van der Waals surface area contributed by atoms with Crippen LogP contribution in [0.25, 0.3) is 0 Å². The molecule has 0 radical (unpaired) electrons. The summed E-state index contributed by atoms with van der Waals surface area (Å²) in [7, 11) is 0. The molecule has 9 unspecified atom stereocenters. The van der Waals surface area contributed by atoms with Gasteiger partial charge in [0.15, 0.2) is 0 Å². The fourth-order valence-electron chi connectivity index (χ4n) is 12.8. The van der Waals surface area contributed by atoms with Crippen LogP contribution in [0.15, 0.2) is 109 Å².